The zero-order chi connectivity index (χ0) is 15.5. The van der Waals surface area contributed by atoms with Gasteiger partial charge in [-0.25, -0.2) is 4.98 Å². The van der Waals surface area contributed by atoms with Crippen molar-refractivity contribution in [2.75, 3.05) is 11.9 Å². The molecule has 1 aromatic heterocycles. The minimum atomic E-state index is 0.122. The number of nitrogens with zero attached hydrogens (tertiary/aromatic N) is 2. The SMILES string of the molecule is Cc1ccccc1CN(C)c1nc(CNC(C)(C)C)cs1. The number of rotatable bonds is 5. The predicted molar refractivity (Wildman–Crippen MR) is 92.0 cm³/mol. The van der Waals surface area contributed by atoms with Gasteiger partial charge in [-0.2, -0.15) is 0 Å². The molecule has 0 spiro atoms. The molecule has 0 radical (unpaired) electrons. The molecule has 0 aliphatic carbocycles. The fourth-order valence-electron chi connectivity index (χ4n) is 2.02. The molecule has 4 heteroatoms. The van der Waals surface area contributed by atoms with E-state index < -0.39 is 0 Å². The molecule has 114 valence electrons. The molecule has 0 amide bonds. The second-order valence-corrected chi connectivity index (χ2v) is 7.34. The fraction of sp³-hybridized carbons (Fsp3) is 0.471. The van der Waals surface area contributed by atoms with Gasteiger partial charge in [-0.15, -0.1) is 11.3 Å². The maximum Gasteiger partial charge on any atom is 0.185 e. The topological polar surface area (TPSA) is 28.2 Å². The Kier molecular flexibility index (Phi) is 5.01. The Morgan fingerprint density at radius 3 is 2.62 bits per heavy atom. The van der Waals surface area contributed by atoms with E-state index in [2.05, 4.69) is 74.6 Å². The average Bonchev–Trinajstić information content (AvgIpc) is 2.87. The van der Waals surface area contributed by atoms with E-state index in [9.17, 15) is 0 Å². The lowest BCUT2D eigenvalue weighted by Gasteiger charge is -2.19. The van der Waals surface area contributed by atoms with E-state index in [1.165, 1.54) is 11.1 Å². The smallest absolute Gasteiger partial charge is 0.185 e. The lowest BCUT2D eigenvalue weighted by atomic mass is 10.1. The highest BCUT2D eigenvalue weighted by Crippen LogP contribution is 2.22. The molecule has 0 aliphatic rings. The van der Waals surface area contributed by atoms with Crippen molar-refractivity contribution in [3.05, 3.63) is 46.5 Å². The van der Waals surface area contributed by atoms with Crippen molar-refractivity contribution in [3.8, 4) is 0 Å². The second-order valence-electron chi connectivity index (χ2n) is 6.51. The first-order valence-corrected chi connectivity index (χ1v) is 8.18. The van der Waals surface area contributed by atoms with E-state index in [0.717, 1.165) is 23.9 Å². The highest BCUT2D eigenvalue weighted by Gasteiger charge is 2.12. The van der Waals surface area contributed by atoms with Crippen LogP contribution in [-0.2, 0) is 13.1 Å². The van der Waals surface area contributed by atoms with Gasteiger partial charge in [0.15, 0.2) is 5.13 Å². The highest BCUT2D eigenvalue weighted by atomic mass is 32.1. The monoisotopic (exact) mass is 303 g/mol. The molecule has 0 saturated carbocycles. The lowest BCUT2D eigenvalue weighted by molar-refractivity contribution is 0.422. The van der Waals surface area contributed by atoms with Crippen LogP contribution < -0.4 is 10.2 Å². The first-order chi connectivity index (χ1) is 9.85. The summed E-state index contributed by atoms with van der Waals surface area (Å²) >= 11 is 1.71. The third kappa shape index (κ3) is 4.83. The minimum Gasteiger partial charge on any atom is -0.347 e. The fourth-order valence-corrected chi connectivity index (χ4v) is 2.81. The molecule has 0 bridgehead atoms. The van der Waals surface area contributed by atoms with E-state index in [1.54, 1.807) is 11.3 Å². The van der Waals surface area contributed by atoms with Gasteiger partial charge in [0.1, 0.15) is 0 Å². The van der Waals surface area contributed by atoms with Gasteiger partial charge < -0.3 is 10.2 Å². The number of anilines is 1. The Bertz CT molecular complexity index is 584. The standard InChI is InChI=1S/C17H25N3S/c1-13-8-6-7-9-14(13)11-20(5)16-19-15(12-21-16)10-18-17(2,3)4/h6-9,12,18H,10-11H2,1-5H3. The predicted octanol–water partition coefficient (Wildman–Crippen LogP) is 3.98. The summed E-state index contributed by atoms with van der Waals surface area (Å²) in [5.74, 6) is 0. The third-order valence-corrected chi connectivity index (χ3v) is 4.34. The quantitative estimate of drug-likeness (QED) is 0.905. The molecule has 0 saturated heterocycles. The van der Waals surface area contributed by atoms with Crippen LogP contribution >= 0.6 is 11.3 Å². The molecule has 1 heterocycles. The summed E-state index contributed by atoms with van der Waals surface area (Å²) in [6.45, 7) is 10.4. The molecule has 0 atom stereocenters. The molecule has 21 heavy (non-hydrogen) atoms. The van der Waals surface area contributed by atoms with Gasteiger partial charge in [0.2, 0.25) is 0 Å². The molecule has 2 aromatic rings. The van der Waals surface area contributed by atoms with Crippen molar-refractivity contribution in [2.45, 2.75) is 46.3 Å². The van der Waals surface area contributed by atoms with Gasteiger partial charge in [-0.3, -0.25) is 0 Å². The number of aromatic nitrogens is 1. The molecule has 0 unspecified atom stereocenters. The van der Waals surface area contributed by atoms with Gasteiger partial charge in [-0.05, 0) is 38.8 Å². The maximum atomic E-state index is 4.72. The molecule has 1 aromatic carbocycles. The molecule has 3 nitrogen and oxygen atoms in total. The number of hydrogen-bond donors (Lipinski definition) is 1. The Morgan fingerprint density at radius 2 is 1.95 bits per heavy atom. The lowest BCUT2D eigenvalue weighted by Crippen LogP contribution is -2.35. The van der Waals surface area contributed by atoms with Crippen LogP contribution in [0.3, 0.4) is 0 Å². The minimum absolute atomic E-state index is 0.122. The summed E-state index contributed by atoms with van der Waals surface area (Å²) in [4.78, 5) is 6.94. The van der Waals surface area contributed by atoms with Gasteiger partial charge in [-0.1, -0.05) is 24.3 Å². The summed E-state index contributed by atoms with van der Waals surface area (Å²) in [6, 6.07) is 8.51. The average molecular weight is 303 g/mol. The van der Waals surface area contributed by atoms with Crippen LogP contribution in [-0.4, -0.2) is 17.6 Å². The van der Waals surface area contributed by atoms with E-state index >= 15 is 0 Å². The Hall–Kier alpha value is -1.39. The number of benzene rings is 1. The number of hydrogen-bond acceptors (Lipinski definition) is 4. The van der Waals surface area contributed by atoms with Gasteiger partial charge in [0, 0.05) is 31.1 Å². The van der Waals surface area contributed by atoms with E-state index in [4.69, 9.17) is 4.98 Å². The highest BCUT2D eigenvalue weighted by molar-refractivity contribution is 7.13. The molecular weight excluding hydrogens is 278 g/mol. The van der Waals surface area contributed by atoms with Crippen molar-refractivity contribution in [1.82, 2.24) is 10.3 Å². The van der Waals surface area contributed by atoms with Crippen LogP contribution in [0.5, 0.6) is 0 Å². The summed E-state index contributed by atoms with van der Waals surface area (Å²) in [7, 11) is 2.10. The molecule has 0 fully saturated rings. The van der Waals surface area contributed by atoms with Crippen molar-refractivity contribution in [3.63, 3.8) is 0 Å². The van der Waals surface area contributed by atoms with Crippen LogP contribution in [0.15, 0.2) is 29.6 Å². The summed E-state index contributed by atoms with van der Waals surface area (Å²) < 4.78 is 0. The second kappa shape index (κ2) is 6.58. The van der Waals surface area contributed by atoms with Crippen molar-refractivity contribution in [2.24, 2.45) is 0 Å². The van der Waals surface area contributed by atoms with E-state index in [0.29, 0.717) is 0 Å². The van der Waals surface area contributed by atoms with Crippen molar-refractivity contribution in [1.29, 1.82) is 0 Å². The Labute approximate surface area is 132 Å². The van der Waals surface area contributed by atoms with E-state index in [1.807, 2.05) is 0 Å². The maximum absolute atomic E-state index is 4.72. The van der Waals surface area contributed by atoms with Gasteiger partial charge >= 0.3 is 0 Å². The van der Waals surface area contributed by atoms with Crippen LogP contribution in [0.25, 0.3) is 0 Å². The molecule has 2 rings (SSSR count). The first-order valence-electron chi connectivity index (χ1n) is 7.30. The zero-order valence-corrected chi connectivity index (χ0v) is 14.4. The van der Waals surface area contributed by atoms with Crippen LogP contribution in [0.2, 0.25) is 0 Å². The van der Waals surface area contributed by atoms with Gasteiger partial charge in [0.25, 0.3) is 0 Å². The molecule has 1 N–H and O–H groups in total. The molecular formula is C17H25N3S. The number of nitrogens with one attached hydrogen (secondary N) is 1. The van der Waals surface area contributed by atoms with Crippen LogP contribution in [0, 0.1) is 6.92 Å². The van der Waals surface area contributed by atoms with Crippen LogP contribution in [0.4, 0.5) is 5.13 Å². The zero-order valence-electron chi connectivity index (χ0n) is 13.6. The normalized spacial score (nSPS) is 11.7. The Balaban J connectivity index is 1.99. The largest absolute Gasteiger partial charge is 0.347 e. The number of aryl methyl sites for hydroxylation is 1. The van der Waals surface area contributed by atoms with Gasteiger partial charge in [0.05, 0.1) is 5.69 Å². The summed E-state index contributed by atoms with van der Waals surface area (Å²) in [5, 5.41) is 6.69. The third-order valence-electron chi connectivity index (χ3n) is 3.33. The Morgan fingerprint density at radius 1 is 1.24 bits per heavy atom. The van der Waals surface area contributed by atoms with Crippen molar-refractivity contribution < 1.29 is 0 Å². The molecule has 0 aliphatic heterocycles. The summed E-state index contributed by atoms with van der Waals surface area (Å²) in [5.41, 5.74) is 3.92. The van der Waals surface area contributed by atoms with Crippen molar-refractivity contribution >= 4 is 16.5 Å². The van der Waals surface area contributed by atoms with Crippen LogP contribution in [0.1, 0.15) is 37.6 Å². The summed E-state index contributed by atoms with van der Waals surface area (Å²) in [6.07, 6.45) is 0. The number of thiazole rings is 1. The van der Waals surface area contributed by atoms with E-state index in [-0.39, 0.29) is 5.54 Å². The first kappa shape index (κ1) is 16.0.